The second-order valence-electron chi connectivity index (χ2n) is 4.93. The summed E-state index contributed by atoms with van der Waals surface area (Å²) in [5.41, 5.74) is 1.14. The molecule has 3 heterocycles. The Labute approximate surface area is 122 Å². The summed E-state index contributed by atoms with van der Waals surface area (Å²) in [5, 5.41) is 6.50. The van der Waals surface area contributed by atoms with Crippen molar-refractivity contribution >= 4 is 17.5 Å². The number of amides is 2. The predicted molar refractivity (Wildman–Crippen MR) is 78.3 cm³/mol. The van der Waals surface area contributed by atoms with Gasteiger partial charge in [0.1, 0.15) is 5.76 Å². The van der Waals surface area contributed by atoms with Crippen LogP contribution in [0.4, 0.5) is 16.3 Å². The van der Waals surface area contributed by atoms with Crippen molar-refractivity contribution in [1.29, 1.82) is 0 Å². The van der Waals surface area contributed by atoms with E-state index in [4.69, 9.17) is 4.52 Å². The van der Waals surface area contributed by atoms with Gasteiger partial charge in [0.05, 0.1) is 0 Å². The van der Waals surface area contributed by atoms with Crippen molar-refractivity contribution in [2.75, 3.05) is 36.4 Å². The molecule has 1 aliphatic heterocycles. The van der Waals surface area contributed by atoms with E-state index in [9.17, 15) is 4.79 Å². The first-order valence-corrected chi connectivity index (χ1v) is 6.86. The number of pyridine rings is 1. The number of rotatable bonds is 2. The van der Waals surface area contributed by atoms with Crippen molar-refractivity contribution in [3.8, 4) is 0 Å². The smallest absolute Gasteiger partial charge is 0.323 e. The van der Waals surface area contributed by atoms with E-state index >= 15 is 0 Å². The van der Waals surface area contributed by atoms with E-state index in [1.807, 2.05) is 12.1 Å². The molecule has 7 nitrogen and oxygen atoms in total. The van der Waals surface area contributed by atoms with Crippen molar-refractivity contribution in [3.05, 3.63) is 36.4 Å². The molecule has 1 aliphatic rings. The molecule has 21 heavy (non-hydrogen) atoms. The first-order chi connectivity index (χ1) is 10.2. The Bertz CT molecular complexity index is 605. The number of hydrogen-bond acceptors (Lipinski definition) is 5. The van der Waals surface area contributed by atoms with Crippen molar-refractivity contribution in [1.82, 2.24) is 15.0 Å². The minimum Gasteiger partial charge on any atom is -0.368 e. The third-order valence-electron chi connectivity index (χ3n) is 3.46. The number of carbonyl (C=O) groups is 1. The fraction of sp³-hybridized carbons (Fsp3) is 0.357. The lowest BCUT2D eigenvalue weighted by Crippen LogP contribution is -2.50. The molecule has 3 rings (SSSR count). The number of aromatic nitrogens is 2. The van der Waals surface area contributed by atoms with E-state index in [1.54, 1.807) is 30.3 Å². The van der Waals surface area contributed by atoms with Crippen LogP contribution in [0.3, 0.4) is 0 Å². The third-order valence-corrected chi connectivity index (χ3v) is 3.46. The van der Waals surface area contributed by atoms with Crippen LogP contribution in [-0.2, 0) is 0 Å². The van der Waals surface area contributed by atoms with Crippen LogP contribution in [0.1, 0.15) is 5.76 Å². The Morgan fingerprint density at radius 3 is 2.57 bits per heavy atom. The lowest BCUT2D eigenvalue weighted by molar-refractivity contribution is 0.208. The molecule has 7 heteroatoms. The number of aryl methyl sites for hydroxylation is 1. The topological polar surface area (TPSA) is 74.5 Å². The van der Waals surface area contributed by atoms with Crippen LogP contribution in [0, 0.1) is 6.92 Å². The summed E-state index contributed by atoms with van der Waals surface area (Å²) in [6.07, 6.45) is 3.56. The molecule has 0 aromatic carbocycles. The van der Waals surface area contributed by atoms with E-state index in [2.05, 4.69) is 20.4 Å². The van der Waals surface area contributed by atoms with Crippen LogP contribution in [0.5, 0.6) is 0 Å². The first kappa shape index (κ1) is 13.4. The van der Waals surface area contributed by atoms with Crippen molar-refractivity contribution in [2.24, 2.45) is 0 Å². The number of piperazine rings is 1. The van der Waals surface area contributed by atoms with Gasteiger partial charge < -0.3 is 14.3 Å². The Morgan fingerprint density at radius 1 is 1.24 bits per heavy atom. The average Bonchev–Trinajstić information content (AvgIpc) is 2.93. The van der Waals surface area contributed by atoms with Crippen LogP contribution >= 0.6 is 0 Å². The van der Waals surface area contributed by atoms with Crippen LogP contribution in [-0.4, -0.2) is 47.3 Å². The maximum Gasteiger partial charge on any atom is 0.323 e. The van der Waals surface area contributed by atoms with Crippen LogP contribution < -0.4 is 10.2 Å². The molecule has 1 fully saturated rings. The highest BCUT2D eigenvalue weighted by Gasteiger charge is 2.21. The maximum absolute atomic E-state index is 12.1. The largest absolute Gasteiger partial charge is 0.368 e. The number of urea groups is 1. The van der Waals surface area contributed by atoms with E-state index in [-0.39, 0.29) is 6.03 Å². The Morgan fingerprint density at radius 2 is 1.95 bits per heavy atom. The van der Waals surface area contributed by atoms with Gasteiger partial charge in [-0.25, -0.2) is 4.79 Å². The van der Waals surface area contributed by atoms with E-state index in [0.29, 0.717) is 24.7 Å². The normalized spacial score (nSPS) is 15.1. The molecule has 0 atom stereocenters. The van der Waals surface area contributed by atoms with Crippen molar-refractivity contribution in [3.63, 3.8) is 0 Å². The maximum atomic E-state index is 12.1. The number of hydrogen-bond donors (Lipinski definition) is 1. The zero-order valence-corrected chi connectivity index (χ0v) is 11.8. The summed E-state index contributed by atoms with van der Waals surface area (Å²) < 4.78 is 4.93. The molecular weight excluding hydrogens is 270 g/mol. The zero-order chi connectivity index (χ0) is 14.7. The van der Waals surface area contributed by atoms with Gasteiger partial charge >= 0.3 is 6.03 Å². The molecule has 0 spiro atoms. The molecule has 1 saturated heterocycles. The van der Waals surface area contributed by atoms with Gasteiger partial charge in [0, 0.05) is 50.3 Å². The summed E-state index contributed by atoms with van der Waals surface area (Å²) in [4.78, 5) is 20.2. The van der Waals surface area contributed by atoms with Crippen LogP contribution in [0.15, 0.2) is 35.1 Å². The summed E-state index contributed by atoms with van der Waals surface area (Å²) >= 11 is 0. The summed E-state index contributed by atoms with van der Waals surface area (Å²) in [7, 11) is 0. The second-order valence-corrected chi connectivity index (χ2v) is 4.93. The molecule has 1 N–H and O–H groups in total. The van der Waals surface area contributed by atoms with Crippen LogP contribution in [0.2, 0.25) is 0 Å². The zero-order valence-electron chi connectivity index (χ0n) is 11.8. The highest BCUT2D eigenvalue weighted by Crippen LogP contribution is 2.15. The molecule has 0 bridgehead atoms. The predicted octanol–water partition coefficient (Wildman–Crippen LogP) is 1.73. The van der Waals surface area contributed by atoms with Gasteiger partial charge in [-0.2, -0.15) is 0 Å². The van der Waals surface area contributed by atoms with Crippen molar-refractivity contribution in [2.45, 2.75) is 6.92 Å². The van der Waals surface area contributed by atoms with Gasteiger partial charge in [0.25, 0.3) is 0 Å². The molecule has 2 aromatic rings. The SMILES string of the molecule is Cc1cc(NC(=O)N2CCN(c3ccncc3)CC2)no1. The monoisotopic (exact) mass is 287 g/mol. The lowest BCUT2D eigenvalue weighted by atomic mass is 10.3. The van der Waals surface area contributed by atoms with Crippen molar-refractivity contribution < 1.29 is 9.32 Å². The Hall–Kier alpha value is -2.57. The minimum absolute atomic E-state index is 0.141. The highest BCUT2D eigenvalue weighted by molar-refractivity contribution is 5.88. The second kappa shape index (κ2) is 5.82. The number of nitrogens with zero attached hydrogens (tertiary/aromatic N) is 4. The first-order valence-electron chi connectivity index (χ1n) is 6.86. The van der Waals surface area contributed by atoms with Gasteiger partial charge in [-0.1, -0.05) is 5.16 Å². The van der Waals surface area contributed by atoms with Gasteiger partial charge in [-0.3, -0.25) is 10.3 Å². The van der Waals surface area contributed by atoms with E-state index < -0.39 is 0 Å². The van der Waals surface area contributed by atoms with Gasteiger partial charge in [-0.15, -0.1) is 0 Å². The molecule has 0 saturated carbocycles. The molecule has 2 amide bonds. The summed E-state index contributed by atoms with van der Waals surface area (Å²) in [6, 6.07) is 5.52. The Kier molecular flexibility index (Phi) is 3.72. The fourth-order valence-electron chi connectivity index (χ4n) is 2.34. The molecule has 2 aromatic heterocycles. The standard InChI is InChI=1S/C14H17N5O2/c1-11-10-13(17-21-11)16-14(20)19-8-6-18(7-9-19)12-2-4-15-5-3-12/h2-5,10H,6-9H2,1H3,(H,16,17,20). The van der Waals surface area contributed by atoms with E-state index in [0.717, 1.165) is 18.8 Å². The van der Waals surface area contributed by atoms with Gasteiger partial charge in [-0.05, 0) is 19.1 Å². The average molecular weight is 287 g/mol. The molecule has 110 valence electrons. The van der Waals surface area contributed by atoms with Gasteiger partial charge in [0.15, 0.2) is 5.82 Å². The third kappa shape index (κ3) is 3.13. The van der Waals surface area contributed by atoms with Crippen LogP contribution in [0.25, 0.3) is 0 Å². The fourth-order valence-corrected chi connectivity index (χ4v) is 2.34. The highest BCUT2D eigenvalue weighted by atomic mass is 16.5. The number of carbonyl (C=O) groups excluding carboxylic acids is 1. The summed E-state index contributed by atoms with van der Waals surface area (Å²) in [5.74, 6) is 1.13. The van der Waals surface area contributed by atoms with E-state index in [1.165, 1.54) is 0 Å². The molecule has 0 radical (unpaired) electrons. The Balaban J connectivity index is 1.54. The lowest BCUT2D eigenvalue weighted by Gasteiger charge is -2.35. The molecular formula is C14H17N5O2. The minimum atomic E-state index is -0.141. The number of anilines is 2. The van der Waals surface area contributed by atoms with Gasteiger partial charge in [0.2, 0.25) is 0 Å². The quantitative estimate of drug-likeness (QED) is 0.910. The molecule has 0 aliphatic carbocycles. The molecule has 0 unspecified atom stereocenters. The number of nitrogens with one attached hydrogen (secondary N) is 1. The summed E-state index contributed by atoms with van der Waals surface area (Å²) in [6.45, 7) is 4.73.